The lowest BCUT2D eigenvalue weighted by Gasteiger charge is -2.25. The minimum Gasteiger partial charge on any atom is -0.219 e. The molecule has 68 heavy (non-hydrogen) atoms. The van der Waals surface area contributed by atoms with E-state index in [1.807, 2.05) is 0 Å². The molecule has 2 aliphatic carbocycles. The fraction of sp³-hybridized carbons (Fsp3) is 0.0385. The van der Waals surface area contributed by atoms with Gasteiger partial charge in [0.25, 0.3) is 0 Å². The van der Waals surface area contributed by atoms with Crippen LogP contribution in [0, 0.1) is 45.3 Å². The number of benzene rings is 7. The van der Waals surface area contributed by atoms with Crippen molar-refractivity contribution in [2.24, 2.45) is 0 Å². The Kier molecular flexibility index (Phi) is 10.6. The van der Waals surface area contributed by atoms with E-state index in [4.69, 9.17) is 0 Å². The van der Waals surface area contributed by atoms with Gasteiger partial charge in [0.1, 0.15) is 35.4 Å². The first kappa shape index (κ1) is 44.7. The summed E-state index contributed by atoms with van der Waals surface area (Å²) in [7, 11) is -8.83. The van der Waals surface area contributed by atoms with Crippen molar-refractivity contribution in [3.8, 4) is 68.8 Å². The molecule has 9 rings (SSSR count). The third-order valence-electron chi connectivity index (χ3n) is 11.7. The molecule has 0 radical (unpaired) electrons. The van der Waals surface area contributed by atoms with Gasteiger partial charge in [-0.25, -0.2) is 16.8 Å². The number of hydrogen-bond acceptors (Lipinski definition) is 8. The highest BCUT2D eigenvalue weighted by Crippen LogP contribution is 2.64. The second-order valence-corrected chi connectivity index (χ2v) is 19.2. The average molecular weight is 947 g/mol. The second-order valence-electron chi connectivity index (χ2n) is 15.3. The van der Waals surface area contributed by atoms with Crippen molar-refractivity contribution in [3.05, 3.63) is 190 Å². The summed E-state index contributed by atoms with van der Waals surface area (Å²) in [4.78, 5) is -1.17. The SMILES string of the molecule is N#CC(C#N)=C1c2cc(S(=O)(=O)c3ccccc3)ccc2-c2c1c(-c1ccccc1C(F)(F)F)c1c(c2-c2ccccc2C(F)(F)F)C(=C(C#N)C#N)c2cc(S(=O)(=O)c3ccccc3)ccc2-1. The predicted molar refractivity (Wildman–Crippen MR) is 236 cm³/mol. The van der Waals surface area contributed by atoms with Gasteiger partial charge in [-0.05, 0) is 116 Å². The molecule has 0 unspecified atom stereocenters. The molecule has 0 amide bonds. The summed E-state index contributed by atoms with van der Waals surface area (Å²) in [6.45, 7) is 0. The van der Waals surface area contributed by atoms with Gasteiger partial charge in [0.05, 0.1) is 30.7 Å². The average Bonchev–Trinajstić information content (AvgIpc) is 3.84. The lowest BCUT2D eigenvalue weighted by atomic mass is 9.77. The monoisotopic (exact) mass is 946 g/mol. The van der Waals surface area contributed by atoms with Crippen molar-refractivity contribution in [3.63, 3.8) is 0 Å². The van der Waals surface area contributed by atoms with Gasteiger partial charge in [-0.2, -0.15) is 47.4 Å². The van der Waals surface area contributed by atoms with Crippen molar-refractivity contribution in [1.29, 1.82) is 21.0 Å². The van der Waals surface area contributed by atoms with Crippen molar-refractivity contribution in [2.75, 3.05) is 0 Å². The summed E-state index contributed by atoms with van der Waals surface area (Å²) in [5.41, 5.74) is -9.06. The smallest absolute Gasteiger partial charge is 0.219 e. The number of hydrogen-bond donors (Lipinski definition) is 0. The quantitative estimate of drug-likeness (QED) is 0.117. The van der Waals surface area contributed by atoms with E-state index < -0.39 is 97.5 Å². The molecule has 16 heteroatoms. The van der Waals surface area contributed by atoms with Crippen LogP contribution >= 0.6 is 0 Å². The van der Waals surface area contributed by atoms with Gasteiger partial charge in [-0.1, -0.05) is 84.9 Å². The molecule has 0 spiro atoms. The number of fused-ring (bicyclic) bond motifs is 6. The summed E-state index contributed by atoms with van der Waals surface area (Å²) >= 11 is 0. The van der Waals surface area contributed by atoms with Crippen molar-refractivity contribution in [2.45, 2.75) is 31.9 Å². The summed E-state index contributed by atoms with van der Waals surface area (Å²) in [6.07, 6.45) is -10.3. The van der Waals surface area contributed by atoms with E-state index >= 15 is 26.3 Å². The zero-order valence-corrected chi connectivity index (χ0v) is 36.0. The molecular weight excluding hydrogens is 923 g/mol. The molecule has 8 nitrogen and oxygen atoms in total. The van der Waals surface area contributed by atoms with Gasteiger partial charge >= 0.3 is 12.4 Å². The van der Waals surface area contributed by atoms with Gasteiger partial charge in [-0.3, -0.25) is 0 Å². The Morgan fingerprint density at radius 1 is 0.353 bits per heavy atom. The van der Waals surface area contributed by atoms with Crippen LogP contribution in [-0.2, 0) is 32.0 Å². The second kappa shape index (κ2) is 16.1. The van der Waals surface area contributed by atoms with Crippen LogP contribution in [-0.4, -0.2) is 16.8 Å². The Balaban J connectivity index is 1.58. The van der Waals surface area contributed by atoms with E-state index in [2.05, 4.69) is 0 Å². The van der Waals surface area contributed by atoms with Crippen LogP contribution in [0.3, 0.4) is 0 Å². The molecule has 0 saturated heterocycles. The van der Waals surface area contributed by atoms with Gasteiger partial charge < -0.3 is 0 Å². The van der Waals surface area contributed by atoms with E-state index in [1.54, 1.807) is 36.4 Å². The highest BCUT2D eigenvalue weighted by molar-refractivity contribution is 7.91. The van der Waals surface area contributed by atoms with Crippen LogP contribution in [0.2, 0.25) is 0 Å². The molecule has 0 saturated carbocycles. The van der Waals surface area contributed by atoms with Crippen molar-refractivity contribution < 1.29 is 43.2 Å². The van der Waals surface area contributed by atoms with E-state index in [9.17, 15) is 37.9 Å². The fourth-order valence-corrected chi connectivity index (χ4v) is 11.6. The number of sulfone groups is 2. The summed E-state index contributed by atoms with van der Waals surface area (Å²) in [5, 5.41) is 42.6. The molecule has 0 fully saturated rings. The van der Waals surface area contributed by atoms with E-state index in [1.165, 1.54) is 72.8 Å². The summed E-state index contributed by atoms with van der Waals surface area (Å²) in [5.74, 6) is 0. The first-order valence-corrected chi connectivity index (χ1v) is 22.9. The summed E-state index contributed by atoms with van der Waals surface area (Å²) in [6, 6.07) is 36.4. The van der Waals surface area contributed by atoms with Crippen molar-refractivity contribution in [1.82, 2.24) is 0 Å². The van der Waals surface area contributed by atoms with Crippen LogP contribution in [0.15, 0.2) is 176 Å². The number of rotatable bonds is 6. The first-order valence-electron chi connectivity index (χ1n) is 20.0. The van der Waals surface area contributed by atoms with Crippen molar-refractivity contribution >= 4 is 30.8 Å². The maximum atomic E-state index is 15.4. The zero-order chi connectivity index (χ0) is 48.5. The molecule has 0 bridgehead atoms. The van der Waals surface area contributed by atoms with Crippen LogP contribution in [0.1, 0.15) is 33.4 Å². The standard InChI is InChI=1S/C52H24F6N4O4S2/c53-51(54,55)41-17-9-7-15-37(41)47-45-35-21-19-33(67(63,64)31-11-3-1-4-12-31)23-39(35)43(29(25-59)26-60)49(45)48(38-16-8-10-18-42(38)52(56,57)58)46-36-22-20-34(68(65,66)32-13-5-2-6-14-32)24-40(36)44(50(46)47)30(27-61)28-62/h1-24H. The Hall–Kier alpha value is -8.54. The minimum atomic E-state index is -5.14. The third kappa shape index (κ3) is 6.86. The molecule has 0 aromatic heterocycles. The van der Waals surface area contributed by atoms with Crippen LogP contribution in [0.25, 0.3) is 55.7 Å². The maximum Gasteiger partial charge on any atom is 0.417 e. The van der Waals surface area contributed by atoms with E-state index in [0.29, 0.717) is 0 Å². The van der Waals surface area contributed by atoms with Gasteiger partial charge in [0.2, 0.25) is 19.7 Å². The number of nitriles is 4. The normalized spacial score (nSPS) is 12.7. The Morgan fingerprint density at radius 3 is 0.985 bits per heavy atom. The molecule has 0 aliphatic heterocycles. The Morgan fingerprint density at radius 2 is 0.662 bits per heavy atom. The van der Waals surface area contributed by atoms with Crippen LogP contribution < -0.4 is 0 Å². The van der Waals surface area contributed by atoms with Gasteiger partial charge in [0, 0.05) is 22.3 Å². The summed E-state index contributed by atoms with van der Waals surface area (Å²) < 4.78 is 149. The third-order valence-corrected chi connectivity index (χ3v) is 15.3. The predicted octanol–water partition coefficient (Wildman–Crippen LogP) is 12.4. The molecule has 0 atom stereocenters. The maximum absolute atomic E-state index is 15.4. The van der Waals surface area contributed by atoms with E-state index in [0.717, 1.165) is 60.7 Å². The largest absolute Gasteiger partial charge is 0.417 e. The lowest BCUT2D eigenvalue weighted by molar-refractivity contribution is -0.137. The van der Waals surface area contributed by atoms with Gasteiger partial charge in [0.15, 0.2) is 0 Å². The van der Waals surface area contributed by atoms with Gasteiger partial charge in [-0.15, -0.1) is 0 Å². The molecule has 2 aliphatic rings. The Labute approximate surface area is 384 Å². The molecule has 330 valence electrons. The number of nitrogens with zero attached hydrogens (tertiary/aromatic N) is 4. The number of allylic oxidation sites excluding steroid dienone is 2. The van der Waals surface area contributed by atoms with E-state index in [-0.39, 0.29) is 54.3 Å². The molecule has 0 N–H and O–H groups in total. The molecular formula is C52H24F6N4O4S2. The van der Waals surface area contributed by atoms with Crippen LogP contribution in [0.4, 0.5) is 26.3 Å². The topological polar surface area (TPSA) is 163 Å². The molecule has 7 aromatic rings. The Bertz CT molecular complexity index is 3550. The zero-order valence-electron chi connectivity index (χ0n) is 34.4. The van der Waals surface area contributed by atoms with Crippen LogP contribution in [0.5, 0.6) is 0 Å². The highest BCUT2D eigenvalue weighted by Gasteiger charge is 2.46. The minimum absolute atomic E-state index is 0.122. The molecule has 0 heterocycles. The molecule has 7 aromatic carbocycles. The fourth-order valence-electron chi connectivity index (χ4n) is 8.99. The number of alkyl halides is 6. The highest BCUT2D eigenvalue weighted by atomic mass is 32.2. The first-order chi connectivity index (χ1) is 32.4. The lowest BCUT2D eigenvalue weighted by Crippen LogP contribution is -2.10. The number of halogens is 6.